The quantitative estimate of drug-likeness (QED) is 0.581. The highest BCUT2D eigenvalue weighted by atomic mass is 35.5. The van der Waals surface area contributed by atoms with Crippen molar-refractivity contribution >= 4 is 27.3 Å². The van der Waals surface area contributed by atoms with E-state index in [1.807, 2.05) is 4.90 Å². The number of rotatable bonds is 6. The van der Waals surface area contributed by atoms with E-state index >= 15 is 0 Å². The maximum atomic E-state index is 13.7. The first kappa shape index (κ1) is 22.9. The van der Waals surface area contributed by atoms with Gasteiger partial charge < -0.3 is 9.64 Å². The standard InChI is InChI=1S/C20H23ClF2N4O4S/c21-13-32(29,30)26-7-5-25(6-8-26)18-12-24-27(16-10-14(22)9-15(23)11-16)20(28)19(18)31-17-3-1-2-4-17/h9-12,17H,1-8,13H2. The Labute approximate surface area is 189 Å². The van der Waals surface area contributed by atoms with Gasteiger partial charge in [0, 0.05) is 32.2 Å². The molecule has 0 N–H and O–H groups in total. The summed E-state index contributed by atoms with van der Waals surface area (Å²) in [6.07, 6.45) is 4.86. The van der Waals surface area contributed by atoms with Crippen molar-refractivity contribution in [1.29, 1.82) is 0 Å². The molecule has 1 saturated heterocycles. The number of aromatic nitrogens is 2. The molecular weight excluding hydrogens is 466 g/mol. The van der Waals surface area contributed by atoms with Crippen LogP contribution >= 0.6 is 11.6 Å². The fourth-order valence-electron chi connectivity index (χ4n) is 4.06. The fraction of sp³-hybridized carbons (Fsp3) is 0.500. The molecule has 174 valence electrons. The molecule has 1 aliphatic heterocycles. The van der Waals surface area contributed by atoms with Gasteiger partial charge in [-0.3, -0.25) is 4.79 Å². The van der Waals surface area contributed by atoms with Gasteiger partial charge in [0.15, 0.2) is 0 Å². The van der Waals surface area contributed by atoms with Crippen LogP contribution in [0.4, 0.5) is 14.5 Å². The number of benzene rings is 1. The third kappa shape index (κ3) is 4.74. The molecule has 32 heavy (non-hydrogen) atoms. The molecule has 1 aromatic carbocycles. The molecule has 12 heteroatoms. The molecule has 0 amide bonds. The van der Waals surface area contributed by atoms with Gasteiger partial charge in [0.1, 0.15) is 22.5 Å². The maximum Gasteiger partial charge on any atom is 0.316 e. The minimum Gasteiger partial charge on any atom is -0.483 e. The largest absolute Gasteiger partial charge is 0.483 e. The minimum atomic E-state index is -3.53. The average Bonchev–Trinajstić information content (AvgIpc) is 3.28. The van der Waals surface area contributed by atoms with Crippen LogP contribution < -0.4 is 15.2 Å². The lowest BCUT2D eigenvalue weighted by atomic mass is 10.2. The van der Waals surface area contributed by atoms with Crippen molar-refractivity contribution in [1.82, 2.24) is 14.1 Å². The number of sulfonamides is 1. The van der Waals surface area contributed by atoms with E-state index in [9.17, 15) is 22.0 Å². The monoisotopic (exact) mass is 488 g/mol. The first-order valence-corrected chi connectivity index (χ1v) is 12.5. The number of hydrogen-bond acceptors (Lipinski definition) is 6. The number of halogens is 3. The number of hydrogen-bond donors (Lipinski definition) is 0. The third-order valence-electron chi connectivity index (χ3n) is 5.70. The van der Waals surface area contributed by atoms with E-state index in [2.05, 4.69) is 5.10 Å². The van der Waals surface area contributed by atoms with Crippen molar-refractivity contribution < 1.29 is 21.9 Å². The summed E-state index contributed by atoms with van der Waals surface area (Å²) in [5, 5.41) is 3.63. The highest BCUT2D eigenvalue weighted by Crippen LogP contribution is 2.30. The molecule has 0 atom stereocenters. The number of alkyl halides is 1. The van der Waals surface area contributed by atoms with Crippen molar-refractivity contribution in [3.8, 4) is 11.4 Å². The topological polar surface area (TPSA) is 84.7 Å². The number of piperazine rings is 1. The lowest BCUT2D eigenvalue weighted by molar-refractivity contribution is 0.205. The molecule has 4 rings (SSSR count). The second-order valence-electron chi connectivity index (χ2n) is 7.83. The Morgan fingerprint density at radius 2 is 1.69 bits per heavy atom. The van der Waals surface area contributed by atoms with E-state index in [0.29, 0.717) is 24.8 Å². The Kier molecular flexibility index (Phi) is 6.68. The van der Waals surface area contributed by atoms with Gasteiger partial charge in [-0.05, 0) is 37.8 Å². The number of ether oxygens (including phenoxy) is 1. The zero-order valence-electron chi connectivity index (χ0n) is 17.2. The molecule has 1 saturated carbocycles. The van der Waals surface area contributed by atoms with Crippen molar-refractivity contribution in [2.24, 2.45) is 0 Å². The van der Waals surface area contributed by atoms with Gasteiger partial charge in [0.2, 0.25) is 15.8 Å². The Morgan fingerprint density at radius 3 is 2.28 bits per heavy atom. The predicted molar refractivity (Wildman–Crippen MR) is 116 cm³/mol. The van der Waals surface area contributed by atoms with E-state index in [1.165, 1.54) is 10.5 Å². The first-order chi connectivity index (χ1) is 15.3. The van der Waals surface area contributed by atoms with Gasteiger partial charge in [-0.1, -0.05) is 0 Å². The summed E-state index contributed by atoms with van der Waals surface area (Å²) < 4.78 is 59.8. The van der Waals surface area contributed by atoms with E-state index < -0.39 is 32.4 Å². The SMILES string of the molecule is O=c1c(OC2CCCC2)c(N2CCN(S(=O)(=O)CCl)CC2)cnn1-c1cc(F)cc(F)c1. The van der Waals surface area contributed by atoms with Gasteiger partial charge in [0.05, 0.1) is 18.0 Å². The van der Waals surface area contributed by atoms with Gasteiger partial charge in [-0.25, -0.2) is 17.2 Å². The average molecular weight is 489 g/mol. The van der Waals surface area contributed by atoms with Crippen LogP contribution in [0, 0.1) is 11.6 Å². The fourth-order valence-corrected chi connectivity index (χ4v) is 5.33. The summed E-state index contributed by atoms with van der Waals surface area (Å²) in [4.78, 5) is 15.1. The smallest absolute Gasteiger partial charge is 0.316 e. The molecule has 2 fully saturated rings. The van der Waals surface area contributed by atoms with Crippen LogP contribution in [0.3, 0.4) is 0 Å². The molecule has 8 nitrogen and oxygen atoms in total. The van der Waals surface area contributed by atoms with E-state index in [-0.39, 0.29) is 30.6 Å². The van der Waals surface area contributed by atoms with Crippen molar-refractivity contribution in [2.45, 2.75) is 31.8 Å². The zero-order chi connectivity index (χ0) is 22.9. The van der Waals surface area contributed by atoms with Gasteiger partial charge in [0.25, 0.3) is 0 Å². The Morgan fingerprint density at radius 1 is 1.06 bits per heavy atom. The Balaban J connectivity index is 1.69. The van der Waals surface area contributed by atoms with Gasteiger partial charge in [-0.2, -0.15) is 14.1 Å². The highest BCUT2D eigenvalue weighted by molar-refractivity contribution is 7.90. The van der Waals surface area contributed by atoms with Crippen LogP contribution in [0.2, 0.25) is 0 Å². The van der Waals surface area contributed by atoms with Crippen molar-refractivity contribution in [3.05, 3.63) is 46.4 Å². The van der Waals surface area contributed by atoms with Gasteiger partial charge >= 0.3 is 5.56 Å². The second kappa shape index (κ2) is 9.32. The maximum absolute atomic E-state index is 13.7. The molecule has 1 aromatic heterocycles. The summed E-state index contributed by atoms with van der Waals surface area (Å²) in [6, 6.07) is 2.76. The molecule has 0 bridgehead atoms. The Bertz CT molecular complexity index is 1130. The predicted octanol–water partition coefficient (Wildman–Crippen LogP) is 2.48. The van der Waals surface area contributed by atoms with Crippen LogP contribution in [-0.4, -0.2) is 60.0 Å². The van der Waals surface area contributed by atoms with Crippen LogP contribution in [0.1, 0.15) is 25.7 Å². The van der Waals surface area contributed by atoms with Crippen LogP contribution in [0.15, 0.2) is 29.2 Å². The molecule has 1 aliphatic carbocycles. The lowest BCUT2D eigenvalue weighted by Gasteiger charge is -2.35. The summed E-state index contributed by atoms with van der Waals surface area (Å²) >= 11 is 5.55. The molecular formula is C20H23ClF2N4O4S. The third-order valence-corrected chi connectivity index (χ3v) is 7.96. The molecule has 2 heterocycles. The van der Waals surface area contributed by atoms with Crippen LogP contribution in [-0.2, 0) is 10.0 Å². The number of nitrogens with zero attached hydrogens (tertiary/aromatic N) is 4. The summed E-state index contributed by atoms with van der Waals surface area (Å²) in [7, 11) is -3.53. The zero-order valence-corrected chi connectivity index (χ0v) is 18.8. The van der Waals surface area contributed by atoms with Crippen molar-refractivity contribution in [2.75, 3.05) is 36.3 Å². The Hall–Kier alpha value is -2.24. The molecule has 2 aliphatic rings. The first-order valence-electron chi connectivity index (χ1n) is 10.3. The van der Waals surface area contributed by atoms with E-state index in [4.69, 9.17) is 16.3 Å². The van der Waals surface area contributed by atoms with Crippen molar-refractivity contribution in [3.63, 3.8) is 0 Å². The van der Waals surface area contributed by atoms with Crippen LogP contribution in [0.25, 0.3) is 5.69 Å². The van der Waals surface area contributed by atoms with Crippen LogP contribution in [0.5, 0.6) is 5.75 Å². The molecule has 2 aromatic rings. The van der Waals surface area contributed by atoms with E-state index in [0.717, 1.165) is 42.5 Å². The molecule has 0 radical (unpaired) electrons. The second-order valence-corrected chi connectivity index (χ2v) is 10.4. The van der Waals surface area contributed by atoms with E-state index in [1.54, 1.807) is 0 Å². The summed E-state index contributed by atoms with van der Waals surface area (Å²) in [5.41, 5.74) is -0.249. The highest BCUT2D eigenvalue weighted by Gasteiger charge is 2.30. The molecule has 0 spiro atoms. The lowest BCUT2D eigenvalue weighted by Crippen LogP contribution is -2.49. The van der Waals surface area contributed by atoms with Gasteiger partial charge in [-0.15, -0.1) is 11.6 Å². The number of anilines is 1. The minimum absolute atomic E-state index is 0.0465. The summed E-state index contributed by atoms with van der Waals surface area (Å²) in [6.45, 7) is 1.04. The normalized spacial score (nSPS) is 18.3. The summed E-state index contributed by atoms with van der Waals surface area (Å²) in [5.74, 6) is -1.61. The molecule has 0 unspecified atom stereocenters.